The van der Waals surface area contributed by atoms with Crippen LogP contribution in [-0.2, 0) is 11.3 Å². The molecule has 1 amide bonds. The van der Waals surface area contributed by atoms with Gasteiger partial charge in [0.15, 0.2) is 0 Å². The van der Waals surface area contributed by atoms with Gasteiger partial charge >= 0.3 is 0 Å². The van der Waals surface area contributed by atoms with E-state index >= 15 is 0 Å². The van der Waals surface area contributed by atoms with Crippen molar-refractivity contribution in [3.8, 4) is 0 Å². The lowest BCUT2D eigenvalue weighted by atomic mass is 10.1. The van der Waals surface area contributed by atoms with Crippen molar-refractivity contribution in [1.82, 2.24) is 9.88 Å². The maximum atomic E-state index is 13.1. The number of carbonyl (C=O) groups is 1. The molecule has 138 valence electrons. The van der Waals surface area contributed by atoms with Crippen LogP contribution in [0, 0.1) is 0 Å². The maximum absolute atomic E-state index is 13.1. The molecular weight excluding hydrogens is 393 g/mol. The standard InChI is InChI=1S/C22H15Cl2N3O/c23-18-7-6-17(19(24)13-18)12-20-22(28)27(14-15-8-10-25-11-9-15)21(26-20)16-4-2-1-3-5-16/h1-13H,14H2/b20-12-. The zero-order chi connectivity index (χ0) is 19.5. The van der Waals surface area contributed by atoms with Crippen LogP contribution >= 0.6 is 23.2 Å². The molecule has 0 radical (unpaired) electrons. The fourth-order valence-corrected chi connectivity index (χ4v) is 3.40. The van der Waals surface area contributed by atoms with Gasteiger partial charge in [0.1, 0.15) is 11.5 Å². The Kier molecular flexibility index (Phi) is 5.24. The lowest BCUT2D eigenvalue weighted by Gasteiger charge is -2.18. The normalized spacial score (nSPS) is 15.2. The van der Waals surface area contributed by atoms with Crippen molar-refractivity contribution in [3.05, 3.63) is 105 Å². The molecule has 0 bridgehead atoms. The first-order valence-corrected chi connectivity index (χ1v) is 9.39. The molecule has 0 N–H and O–H groups in total. The van der Waals surface area contributed by atoms with Crippen LogP contribution in [0.3, 0.4) is 0 Å². The Bertz CT molecular complexity index is 1080. The second-order valence-corrected chi connectivity index (χ2v) is 7.09. The van der Waals surface area contributed by atoms with E-state index in [0.717, 1.165) is 11.1 Å². The fourth-order valence-electron chi connectivity index (χ4n) is 2.94. The monoisotopic (exact) mass is 407 g/mol. The van der Waals surface area contributed by atoms with Gasteiger partial charge in [0.25, 0.3) is 5.91 Å². The van der Waals surface area contributed by atoms with E-state index in [-0.39, 0.29) is 5.91 Å². The van der Waals surface area contributed by atoms with E-state index in [4.69, 9.17) is 23.2 Å². The van der Waals surface area contributed by atoms with Gasteiger partial charge in [0.05, 0.1) is 6.54 Å². The van der Waals surface area contributed by atoms with Crippen molar-refractivity contribution >= 4 is 41.0 Å². The summed E-state index contributed by atoms with van der Waals surface area (Å²) in [6, 6.07) is 18.6. The first kappa shape index (κ1) is 18.4. The number of rotatable bonds is 4. The summed E-state index contributed by atoms with van der Waals surface area (Å²) in [5.41, 5.74) is 2.86. The Labute approximate surface area is 172 Å². The predicted octanol–water partition coefficient (Wildman–Crippen LogP) is 5.22. The molecule has 2 heterocycles. The van der Waals surface area contributed by atoms with Gasteiger partial charge in [-0.3, -0.25) is 14.7 Å². The predicted molar refractivity (Wildman–Crippen MR) is 112 cm³/mol. The van der Waals surface area contributed by atoms with Crippen molar-refractivity contribution in [2.24, 2.45) is 4.99 Å². The van der Waals surface area contributed by atoms with E-state index in [1.165, 1.54) is 0 Å². The minimum atomic E-state index is -0.179. The van der Waals surface area contributed by atoms with Crippen LogP contribution in [0.25, 0.3) is 6.08 Å². The molecule has 4 nitrogen and oxygen atoms in total. The molecular formula is C22H15Cl2N3O. The number of benzene rings is 2. The number of halogens is 2. The fraction of sp³-hybridized carbons (Fsp3) is 0.0455. The Balaban J connectivity index is 1.75. The first-order chi connectivity index (χ1) is 13.6. The third-order valence-corrected chi connectivity index (χ3v) is 4.89. The van der Waals surface area contributed by atoms with Gasteiger partial charge in [-0.2, -0.15) is 0 Å². The SMILES string of the molecule is O=C1/C(=C/c2ccc(Cl)cc2Cl)N=C(c2ccccc2)N1Cc1ccncc1. The van der Waals surface area contributed by atoms with Crippen LogP contribution in [0.1, 0.15) is 16.7 Å². The van der Waals surface area contributed by atoms with Crippen molar-refractivity contribution in [2.45, 2.75) is 6.54 Å². The van der Waals surface area contributed by atoms with Gasteiger partial charge in [0.2, 0.25) is 0 Å². The number of hydrogen-bond acceptors (Lipinski definition) is 3. The smallest absolute Gasteiger partial charge is 0.278 e. The van der Waals surface area contributed by atoms with Crippen molar-refractivity contribution in [1.29, 1.82) is 0 Å². The number of nitrogens with zero attached hydrogens (tertiary/aromatic N) is 3. The molecule has 6 heteroatoms. The molecule has 1 aromatic heterocycles. The molecule has 0 saturated heterocycles. The molecule has 0 fully saturated rings. The number of aromatic nitrogens is 1. The van der Waals surface area contributed by atoms with Crippen LogP contribution in [0.4, 0.5) is 0 Å². The van der Waals surface area contributed by atoms with Gasteiger partial charge < -0.3 is 0 Å². The lowest BCUT2D eigenvalue weighted by molar-refractivity contribution is -0.123. The van der Waals surface area contributed by atoms with Crippen LogP contribution in [0.5, 0.6) is 0 Å². The zero-order valence-corrected chi connectivity index (χ0v) is 16.2. The summed E-state index contributed by atoms with van der Waals surface area (Å²) in [6.07, 6.45) is 5.11. The molecule has 1 aliphatic rings. The molecule has 28 heavy (non-hydrogen) atoms. The Morgan fingerprint density at radius 1 is 0.964 bits per heavy atom. The number of hydrogen-bond donors (Lipinski definition) is 0. The van der Waals surface area contributed by atoms with Crippen LogP contribution in [0.2, 0.25) is 10.0 Å². The van der Waals surface area contributed by atoms with E-state index in [0.29, 0.717) is 33.7 Å². The average molecular weight is 408 g/mol. The number of amidine groups is 1. The molecule has 1 aliphatic heterocycles. The Morgan fingerprint density at radius 2 is 1.71 bits per heavy atom. The van der Waals surface area contributed by atoms with Crippen molar-refractivity contribution in [3.63, 3.8) is 0 Å². The molecule has 2 aromatic carbocycles. The summed E-state index contributed by atoms with van der Waals surface area (Å²) in [5, 5.41) is 1.01. The second-order valence-electron chi connectivity index (χ2n) is 6.24. The van der Waals surface area contributed by atoms with Gasteiger partial charge in [-0.15, -0.1) is 0 Å². The van der Waals surface area contributed by atoms with Gasteiger partial charge in [-0.1, -0.05) is 59.6 Å². The van der Waals surface area contributed by atoms with E-state index in [9.17, 15) is 4.79 Å². The van der Waals surface area contributed by atoms with Crippen LogP contribution in [0.15, 0.2) is 83.7 Å². The number of amides is 1. The lowest BCUT2D eigenvalue weighted by Crippen LogP contribution is -2.32. The largest absolute Gasteiger partial charge is 0.286 e. The summed E-state index contributed by atoms with van der Waals surface area (Å²) in [6.45, 7) is 0.404. The van der Waals surface area contributed by atoms with Crippen molar-refractivity contribution in [2.75, 3.05) is 0 Å². The third-order valence-electron chi connectivity index (χ3n) is 4.32. The highest BCUT2D eigenvalue weighted by Crippen LogP contribution is 2.27. The van der Waals surface area contributed by atoms with Gasteiger partial charge in [-0.25, -0.2) is 4.99 Å². The van der Waals surface area contributed by atoms with E-state index < -0.39 is 0 Å². The van der Waals surface area contributed by atoms with E-state index in [1.807, 2.05) is 42.5 Å². The highest BCUT2D eigenvalue weighted by atomic mass is 35.5. The molecule has 0 aliphatic carbocycles. The third kappa shape index (κ3) is 3.84. The molecule has 0 unspecified atom stereocenters. The minimum Gasteiger partial charge on any atom is -0.286 e. The van der Waals surface area contributed by atoms with Gasteiger partial charge in [-0.05, 0) is 41.5 Å². The molecule has 3 aromatic rings. The molecule has 0 spiro atoms. The molecule has 0 atom stereocenters. The summed E-state index contributed by atoms with van der Waals surface area (Å²) in [4.78, 5) is 23.5. The first-order valence-electron chi connectivity index (χ1n) is 8.63. The Morgan fingerprint density at radius 3 is 2.43 bits per heavy atom. The van der Waals surface area contributed by atoms with Gasteiger partial charge in [0, 0.05) is 28.0 Å². The summed E-state index contributed by atoms with van der Waals surface area (Å²) >= 11 is 12.2. The summed E-state index contributed by atoms with van der Waals surface area (Å²) in [5.74, 6) is 0.431. The highest BCUT2D eigenvalue weighted by molar-refractivity contribution is 6.35. The second kappa shape index (κ2) is 7.97. The van der Waals surface area contributed by atoms with E-state index in [2.05, 4.69) is 9.98 Å². The van der Waals surface area contributed by atoms with Crippen LogP contribution < -0.4 is 0 Å². The Hall–Kier alpha value is -2.95. The topological polar surface area (TPSA) is 45.6 Å². The van der Waals surface area contributed by atoms with E-state index in [1.54, 1.807) is 41.6 Å². The zero-order valence-electron chi connectivity index (χ0n) is 14.7. The van der Waals surface area contributed by atoms with Crippen molar-refractivity contribution < 1.29 is 4.79 Å². The number of carbonyl (C=O) groups excluding carboxylic acids is 1. The number of aliphatic imine (C=N–C) groups is 1. The maximum Gasteiger partial charge on any atom is 0.278 e. The average Bonchev–Trinajstić information content (AvgIpc) is 3.01. The minimum absolute atomic E-state index is 0.179. The summed E-state index contributed by atoms with van der Waals surface area (Å²) in [7, 11) is 0. The summed E-state index contributed by atoms with van der Waals surface area (Å²) < 4.78 is 0. The molecule has 4 rings (SSSR count). The number of pyridine rings is 1. The van der Waals surface area contributed by atoms with Crippen LogP contribution in [-0.4, -0.2) is 21.6 Å². The molecule has 0 saturated carbocycles. The quantitative estimate of drug-likeness (QED) is 0.556. The highest BCUT2D eigenvalue weighted by Gasteiger charge is 2.31.